The lowest BCUT2D eigenvalue weighted by molar-refractivity contribution is 0.581. The maximum absolute atomic E-state index is 12.0. The lowest BCUT2D eigenvalue weighted by Gasteiger charge is -2.09. The van der Waals surface area contributed by atoms with Crippen molar-refractivity contribution in [3.8, 4) is 0 Å². The van der Waals surface area contributed by atoms with Gasteiger partial charge in [-0.05, 0) is 18.9 Å². The summed E-state index contributed by atoms with van der Waals surface area (Å²) in [6.07, 6.45) is 3.49. The van der Waals surface area contributed by atoms with E-state index < -0.39 is 10.0 Å². The van der Waals surface area contributed by atoms with Gasteiger partial charge in [0.05, 0.1) is 4.90 Å². The van der Waals surface area contributed by atoms with E-state index in [0.717, 1.165) is 12.2 Å². The molecule has 5 nitrogen and oxygen atoms in total. The van der Waals surface area contributed by atoms with Crippen LogP contribution >= 0.6 is 11.8 Å². The van der Waals surface area contributed by atoms with Gasteiger partial charge in [0.2, 0.25) is 10.0 Å². The molecular formula is C11H21N3O2S2. The highest BCUT2D eigenvalue weighted by Gasteiger charge is 2.16. The Balaban J connectivity index is 2.64. The number of H-pyrrole nitrogens is 1. The quantitative estimate of drug-likeness (QED) is 0.672. The summed E-state index contributed by atoms with van der Waals surface area (Å²) in [4.78, 5) is 3.26. The fourth-order valence-electron chi connectivity index (χ4n) is 1.33. The summed E-state index contributed by atoms with van der Waals surface area (Å²) >= 11 is 1.63. The molecule has 0 radical (unpaired) electrons. The van der Waals surface area contributed by atoms with Crippen molar-refractivity contribution in [2.45, 2.75) is 30.5 Å². The Bertz CT molecular complexity index is 457. The molecule has 0 fully saturated rings. The van der Waals surface area contributed by atoms with Crippen LogP contribution in [0.25, 0.3) is 0 Å². The molecule has 0 spiro atoms. The van der Waals surface area contributed by atoms with Gasteiger partial charge in [0.15, 0.2) is 0 Å². The largest absolute Gasteiger partial charge is 0.363 e. The molecule has 0 bridgehead atoms. The van der Waals surface area contributed by atoms with Crippen LogP contribution in [0, 0.1) is 0 Å². The number of nitrogens with one attached hydrogen (secondary N) is 3. The molecule has 104 valence electrons. The average Bonchev–Trinajstić information content (AvgIpc) is 2.83. The van der Waals surface area contributed by atoms with Gasteiger partial charge >= 0.3 is 0 Å². The number of thioether (sulfide) groups is 1. The Labute approximate surface area is 113 Å². The van der Waals surface area contributed by atoms with Gasteiger partial charge < -0.3 is 10.3 Å². The first kappa shape index (κ1) is 15.6. The molecule has 0 saturated carbocycles. The lowest BCUT2D eigenvalue weighted by atomic mass is 10.4. The van der Waals surface area contributed by atoms with E-state index in [9.17, 15) is 8.42 Å². The summed E-state index contributed by atoms with van der Waals surface area (Å²) < 4.78 is 26.6. The zero-order valence-corrected chi connectivity index (χ0v) is 12.6. The van der Waals surface area contributed by atoms with Crippen LogP contribution in [0.1, 0.15) is 19.5 Å². The number of sulfonamides is 1. The van der Waals surface area contributed by atoms with Crippen LogP contribution in [0.15, 0.2) is 17.2 Å². The lowest BCUT2D eigenvalue weighted by Crippen LogP contribution is -2.29. The van der Waals surface area contributed by atoms with Crippen molar-refractivity contribution in [1.82, 2.24) is 15.0 Å². The summed E-state index contributed by atoms with van der Waals surface area (Å²) in [7, 11) is -3.39. The fraction of sp³-hybridized carbons (Fsp3) is 0.636. The van der Waals surface area contributed by atoms with Crippen molar-refractivity contribution in [3.63, 3.8) is 0 Å². The van der Waals surface area contributed by atoms with Gasteiger partial charge in [-0.2, -0.15) is 11.8 Å². The smallest absolute Gasteiger partial charge is 0.242 e. The predicted molar refractivity (Wildman–Crippen MR) is 76.3 cm³/mol. The van der Waals surface area contributed by atoms with E-state index in [4.69, 9.17) is 0 Å². The standard InChI is InChI=1S/C11H21N3O2S2/c1-4-12-7-10-5-11(8-13-10)18(15,16)14-6-9(2)17-3/h5,8-9,12-14H,4,6-7H2,1-3H3. The van der Waals surface area contributed by atoms with Crippen LogP contribution in [0.2, 0.25) is 0 Å². The Morgan fingerprint density at radius 1 is 1.50 bits per heavy atom. The van der Waals surface area contributed by atoms with Crippen LogP contribution < -0.4 is 10.0 Å². The minimum Gasteiger partial charge on any atom is -0.363 e. The molecule has 1 atom stereocenters. The van der Waals surface area contributed by atoms with E-state index in [1.807, 2.05) is 20.1 Å². The predicted octanol–water partition coefficient (Wildman–Crippen LogP) is 1.15. The highest BCUT2D eigenvalue weighted by atomic mass is 32.2. The molecule has 0 aliphatic carbocycles. The average molecular weight is 291 g/mol. The second-order valence-corrected chi connectivity index (χ2v) is 7.08. The van der Waals surface area contributed by atoms with Crippen LogP contribution in [0.3, 0.4) is 0 Å². The molecule has 0 aliphatic rings. The molecular weight excluding hydrogens is 270 g/mol. The molecule has 0 amide bonds. The third kappa shape index (κ3) is 4.64. The summed E-state index contributed by atoms with van der Waals surface area (Å²) in [5.41, 5.74) is 0.870. The van der Waals surface area contributed by atoms with E-state index in [1.165, 1.54) is 6.20 Å². The Morgan fingerprint density at radius 2 is 2.22 bits per heavy atom. The van der Waals surface area contributed by atoms with Gasteiger partial charge in [-0.3, -0.25) is 0 Å². The van der Waals surface area contributed by atoms with Crippen LogP contribution in [-0.2, 0) is 16.6 Å². The van der Waals surface area contributed by atoms with E-state index in [2.05, 4.69) is 15.0 Å². The van der Waals surface area contributed by atoms with Gasteiger partial charge in [0.25, 0.3) is 0 Å². The number of rotatable bonds is 8. The number of aromatic amines is 1. The third-order valence-corrected chi connectivity index (χ3v) is 4.93. The van der Waals surface area contributed by atoms with Crippen molar-refractivity contribution in [2.24, 2.45) is 0 Å². The molecule has 1 unspecified atom stereocenters. The topological polar surface area (TPSA) is 74.0 Å². The molecule has 7 heteroatoms. The number of hydrogen-bond acceptors (Lipinski definition) is 4. The molecule has 1 aromatic rings. The van der Waals surface area contributed by atoms with Crippen molar-refractivity contribution in [2.75, 3.05) is 19.3 Å². The summed E-state index contributed by atoms with van der Waals surface area (Å²) in [5.74, 6) is 0. The third-order valence-electron chi connectivity index (χ3n) is 2.56. The van der Waals surface area contributed by atoms with Crippen LogP contribution in [-0.4, -0.2) is 38.0 Å². The number of aromatic nitrogens is 1. The first-order chi connectivity index (χ1) is 8.49. The second-order valence-electron chi connectivity index (χ2n) is 4.04. The molecule has 1 heterocycles. The fourth-order valence-corrected chi connectivity index (χ4v) is 2.83. The van der Waals surface area contributed by atoms with E-state index in [1.54, 1.807) is 17.8 Å². The summed E-state index contributed by atoms with van der Waals surface area (Å²) in [6.45, 7) is 5.93. The highest BCUT2D eigenvalue weighted by molar-refractivity contribution is 7.99. The molecule has 3 N–H and O–H groups in total. The van der Waals surface area contributed by atoms with E-state index in [-0.39, 0.29) is 5.25 Å². The van der Waals surface area contributed by atoms with Gasteiger partial charge in [-0.15, -0.1) is 0 Å². The SMILES string of the molecule is CCNCc1cc(S(=O)(=O)NCC(C)SC)c[nH]1. The van der Waals surface area contributed by atoms with Crippen LogP contribution in [0.5, 0.6) is 0 Å². The molecule has 0 aromatic carbocycles. The number of hydrogen-bond donors (Lipinski definition) is 3. The summed E-state index contributed by atoms with van der Waals surface area (Å²) in [5, 5.41) is 3.40. The highest BCUT2D eigenvalue weighted by Crippen LogP contribution is 2.11. The normalized spacial score (nSPS) is 13.7. The minimum absolute atomic E-state index is 0.264. The first-order valence-electron chi connectivity index (χ1n) is 5.90. The maximum Gasteiger partial charge on any atom is 0.242 e. The summed E-state index contributed by atoms with van der Waals surface area (Å²) in [6, 6.07) is 1.66. The second kappa shape index (κ2) is 7.18. The Hall–Kier alpha value is -0.500. The zero-order valence-electron chi connectivity index (χ0n) is 11.0. The monoisotopic (exact) mass is 291 g/mol. The van der Waals surface area contributed by atoms with Gasteiger partial charge in [0, 0.05) is 30.2 Å². The molecule has 0 aliphatic heterocycles. The Morgan fingerprint density at radius 3 is 2.83 bits per heavy atom. The molecule has 1 aromatic heterocycles. The van der Waals surface area contributed by atoms with E-state index >= 15 is 0 Å². The molecule has 18 heavy (non-hydrogen) atoms. The van der Waals surface area contributed by atoms with E-state index in [0.29, 0.717) is 18.0 Å². The van der Waals surface area contributed by atoms with Crippen molar-refractivity contribution in [1.29, 1.82) is 0 Å². The molecule has 1 rings (SSSR count). The van der Waals surface area contributed by atoms with Crippen molar-refractivity contribution in [3.05, 3.63) is 18.0 Å². The minimum atomic E-state index is -3.39. The Kier molecular flexibility index (Phi) is 6.20. The van der Waals surface area contributed by atoms with Crippen molar-refractivity contribution >= 4 is 21.8 Å². The van der Waals surface area contributed by atoms with Gasteiger partial charge in [-0.25, -0.2) is 13.1 Å². The van der Waals surface area contributed by atoms with Crippen molar-refractivity contribution < 1.29 is 8.42 Å². The zero-order chi connectivity index (χ0) is 13.6. The molecule has 0 saturated heterocycles. The van der Waals surface area contributed by atoms with Gasteiger partial charge in [-0.1, -0.05) is 13.8 Å². The first-order valence-corrected chi connectivity index (χ1v) is 8.67. The van der Waals surface area contributed by atoms with Crippen LogP contribution in [0.4, 0.5) is 0 Å². The van der Waals surface area contributed by atoms with Gasteiger partial charge in [0.1, 0.15) is 0 Å². The maximum atomic E-state index is 12.0.